The molecule has 0 saturated heterocycles. The number of unbranched alkanes of at least 4 members (excludes halogenated alkanes) is 1. The van der Waals surface area contributed by atoms with Gasteiger partial charge in [-0.2, -0.15) is 0 Å². The van der Waals surface area contributed by atoms with Gasteiger partial charge in [-0.1, -0.05) is 60.7 Å². The molecule has 204 valence electrons. The molecule has 0 unspecified atom stereocenters. The van der Waals surface area contributed by atoms with Crippen LogP contribution in [0.1, 0.15) is 30.9 Å². The number of hydroxylamine groups is 2. The molecule has 3 amide bonds. The second kappa shape index (κ2) is 14.3. The van der Waals surface area contributed by atoms with Crippen LogP contribution < -0.4 is 5.32 Å². The number of aliphatic carboxylic acids is 1. The topological polar surface area (TPSA) is 136 Å². The fraction of sp³-hybridized carbons (Fsp3) is 0.241. The van der Waals surface area contributed by atoms with Crippen molar-refractivity contribution in [2.45, 2.75) is 32.9 Å². The summed E-state index contributed by atoms with van der Waals surface area (Å²) in [5, 5.41) is 23.4. The van der Waals surface area contributed by atoms with Crippen molar-refractivity contribution >= 4 is 40.3 Å². The minimum absolute atomic E-state index is 0.0112. The van der Waals surface area contributed by atoms with Crippen molar-refractivity contribution in [3.8, 4) is 0 Å². The molecule has 3 N–H and O–H groups in total. The minimum atomic E-state index is -1.28. The largest absolute Gasteiger partial charge is 0.478 e. The second-order valence-electron chi connectivity index (χ2n) is 8.82. The van der Waals surface area contributed by atoms with Gasteiger partial charge in [-0.3, -0.25) is 20.1 Å². The maximum Gasteiger partial charge on any atom is 0.411 e. The van der Waals surface area contributed by atoms with Crippen LogP contribution in [0, 0.1) is 0 Å². The van der Waals surface area contributed by atoms with E-state index in [0.717, 1.165) is 28.0 Å². The number of fused-ring (bicyclic) bond motifs is 1. The summed E-state index contributed by atoms with van der Waals surface area (Å²) in [6.07, 6.45) is 1.82. The third-order valence-corrected chi connectivity index (χ3v) is 5.91. The van der Waals surface area contributed by atoms with E-state index in [4.69, 9.17) is 9.84 Å². The zero-order chi connectivity index (χ0) is 28.2. The average Bonchev–Trinajstić information content (AvgIpc) is 2.92. The third kappa shape index (κ3) is 9.28. The SMILES string of the molecule is CC(=O)N(CCCCN(O)C(=O)/C=C/C(=O)O)Cc1ccc(COC(=O)Nc2cccc3ccccc23)cc1. The summed E-state index contributed by atoms with van der Waals surface area (Å²) in [4.78, 5) is 48.1. The predicted molar refractivity (Wildman–Crippen MR) is 145 cm³/mol. The first kappa shape index (κ1) is 28.9. The number of rotatable bonds is 12. The van der Waals surface area contributed by atoms with E-state index in [1.165, 1.54) is 6.92 Å². The van der Waals surface area contributed by atoms with Crippen molar-refractivity contribution in [3.05, 3.63) is 90.0 Å². The molecular formula is C29H31N3O7. The highest BCUT2D eigenvalue weighted by atomic mass is 16.5. The smallest absolute Gasteiger partial charge is 0.411 e. The molecule has 0 saturated carbocycles. The minimum Gasteiger partial charge on any atom is -0.478 e. The van der Waals surface area contributed by atoms with Gasteiger partial charge in [-0.25, -0.2) is 14.7 Å². The van der Waals surface area contributed by atoms with Gasteiger partial charge in [0.2, 0.25) is 5.91 Å². The summed E-state index contributed by atoms with van der Waals surface area (Å²) in [6, 6.07) is 20.8. The normalized spacial score (nSPS) is 10.8. The van der Waals surface area contributed by atoms with E-state index >= 15 is 0 Å². The number of hydrogen-bond acceptors (Lipinski definition) is 6. The van der Waals surface area contributed by atoms with Crippen molar-refractivity contribution < 1.29 is 34.2 Å². The molecule has 0 aromatic heterocycles. The van der Waals surface area contributed by atoms with Crippen LogP contribution in [0.15, 0.2) is 78.9 Å². The van der Waals surface area contributed by atoms with E-state index in [9.17, 15) is 24.4 Å². The van der Waals surface area contributed by atoms with Crippen LogP contribution >= 0.6 is 0 Å². The molecule has 0 spiro atoms. The summed E-state index contributed by atoms with van der Waals surface area (Å²) in [6.45, 7) is 2.36. The van der Waals surface area contributed by atoms with Gasteiger partial charge in [0.1, 0.15) is 6.61 Å². The Hall–Kier alpha value is -4.70. The summed E-state index contributed by atoms with van der Waals surface area (Å²) in [5.41, 5.74) is 2.36. The van der Waals surface area contributed by atoms with Gasteiger partial charge in [0.05, 0.1) is 5.69 Å². The molecule has 0 aliphatic rings. The van der Waals surface area contributed by atoms with Gasteiger partial charge < -0.3 is 14.7 Å². The molecule has 39 heavy (non-hydrogen) atoms. The lowest BCUT2D eigenvalue weighted by molar-refractivity contribution is -0.159. The van der Waals surface area contributed by atoms with Gasteiger partial charge in [-0.15, -0.1) is 0 Å². The Bertz CT molecular complexity index is 1330. The average molecular weight is 534 g/mol. The van der Waals surface area contributed by atoms with Crippen LogP contribution in [-0.2, 0) is 32.3 Å². The van der Waals surface area contributed by atoms with E-state index in [1.807, 2.05) is 66.7 Å². The second-order valence-corrected chi connectivity index (χ2v) is 8.82. The molecule has 0 radical (unpaired) electrons. The van der Waals surface area contributed by atoms with Gasteiger partial charge in [-0.05, 0) is 35.4 Å². The molecule has 0 atom stereocenters. The number of nitrogens with zero attached hydrogens (tertiary/aromatic N) is 2. The number of nitrogens with one attached hydrogen (secondary N) is 1. The standard InChI is InChI=1S/C29H31N3O7/c1-21(33)31(17-4-5-18-32(38)27(34)15-16-28(35)36)19-22-11-13-23(14-12-22)20-39-29(37)30-26-10-6-8-24-7-2-3-9-25(24)26/h2-3,6-16,38H,4-5,17-20H2,1H3,(H,30,37)(H,35,36)/b16-15+. The molecule has 0 heterocycles. The summed E-state index contributed by atoms with van der Waals surface area (Å²) >= 11 is 0. The number of carboxylic acid groups (broad SMARTS) is 1. The predicted octanol–water partition coefficient (Wildman–Crippen LogP) is 4.58. The van der Waals surface area contributed by atoms with E-state index in [2.05, 4.69) is 5.32 Å². The number of carbonyl (C=O) groups excluding carboxylic acids is 3. The number of amides is 3. The Morgan fingerprint density at radius 2 is 1.54 bits per heavy atom. The van der Waals surface area contributed by atoms with Crippen LogP contribution in [0.4, 0.5) is 10.5 Å². The maximum atomic E-state index is 12.3. The number of carboxylic acids is 1. The number of hydrogen-bond donors (Lipinski definition) is 3. The molecule has 3 aromatic rings. The highest BCUT2D eigenvalue weighted by molar-refractivity contribution is 6.00. The molecule has 10 nitrogen and oxygen atoms in total. The zero-order valence-corrected chi connectivity index (χ0v) is 21.6. The lowest BCUT2D eigenvalue weighted by Crippen LogP contribution is -2.31. The Morgan fingerprint density at radius 3 is 2.26 bits per heavy atom. The van der Waals surface area contributed by atoms with E-state index in [0.29, 0.717) is 42.8 Å². The van der Waals surface area contributed by atoms with Crippen LogP contribution in [0.2, 0.25) is 0 Å². The highest BCUT2D eigenvalue weighted by Gasteiger charge is 2.12. The van der Waals surface area contributed by atoms with Gasteiger partial charge in [0.15, 0.2) is 0 Å². The highest BCUT2D eigenvalue weighted by Crippen LogP contribution is 2.23. The molecule has 3 aromatic carbocycles. The lowest BCUT2D eigenvalue weighted by Gasteiger charge is -2.22. The quantitative estimate of drug-likeness (QED) is 0.134. The third-order valence-electron chi connectivity index (χ3n) is 5.91. The van der Waals surface area contributed by atoms with E-state index in [1.54, 1.807) is 4.90 Å². The van der Waals surface area contributed by atoms with E-state index < -0.39 is 18.0 Å². The molecule has 0 bridgehead atoms. The molecular weight excluding hydrogens is 502 g/mol. The lowest BCUT2D eigenvalue weighted by atomic mass is 10.1. The zero-order valence-electron chi connectivity index (χ0n) is 21.6. The molecule has 10 heteroatoms. The molecule has 0 aliphatic heterocycles. The van der Waals surface area contributed by atoms with Crippen molar-refractivity contribution in [1.82, 2.24) is 9.96 Å². The monoisotopic (exact) mass is 533 g/mol. The fourth-order valence-electron chi connectivity index (χ4n) is 3.84. The number of benzene rings is 3. The van der Waals surface area contributed by atoms with Gasteiger partial charge in [0, 0.05) is 44.1 Å². The Labute approximate surface area is 226 Å². The first-order valence-corrected chi connectivity index (χ1v) is 12.4. The van der Waals surface area contributed by atoms with E-state index in [-0.39, 0.29) is 19.1 Å². The first-order valence-electron chi connectivity index (χ1n) is 12.4. The Balaban J connectivity index is 1.44. The summed E-state index contributed by atoms with van der Waals surface area (Å²) < 4.78 is 5.37. The van der Waals surface area contributed by atoms with Gasteiger partial charge >= 0.3 is 12.1 Å². The van der Waals surface area contributed by atoms with Crippen molar-refractivity contribution in [1.29, 1.82) is 0 Å². The van der Waals surface area contributed by atoms with Crippen LogP contribution in [0.5, 0.6) is 0 Å². The van der Waals surface area contributed by atoms with Crippen molar-refractivity contribution in [2.75, 3.05) is 18.4 Å². The maximum absolute atomic E-state index is 12.3. The molecule has 3 rings (SSSR count). The Kier molecular flexibility index (Phi) is 10.6. The number of carbonyl (C=O) groups is 4. The van der Waals surface area contributed by atoms with Crippen LogP contribution in [-0.4, -0.2) is 57.2 Å². The van der Waals surface area contributed by atoms with Crippen LogP contribution in [0.3, 0.4) is 0 Å². The number of anilines is 1. The fourth-order valence-corrected chi connectivity index (χ4v) is 3.84. The van der Waals surface area contributed by atoms with Gasteiger partial charge in [0.25, 0.3) is 5.91 Å². The number of ether oxygens (including phenoxy) is 1. The summed E-state index contributed by atoms with van der Waals surface area (Å²) in [7, 11) is 0. The summed E-state index contributed by atoms with van der Waals surface area (Å²) in [5.74, 6) is -2.22. The molecule has 0 fully saturated rings. The first-order chi connectivity index (χ1) is 18.7. The van der Waals surface area contributed by atoms with Crippen molar-refractivity contribution in [2.24, 2.45) is 0 Å². The van der Waals surface area contributed by atoms with Crippen molar-refractivity contribution in [3.63, 3.8) is 0 Å². The van der Waals surface area contributed by atoms with Crippen LogP contribution in [0.25, 0.3) is 10.8 Å². The Morgan fingerprint density at radius 1 is 0.872 bits per heavy atom. The molecule has 0 aliphatic carbocycles.